The third kappa shape index (κ3) is 5.25. The summed E-state index contributed by atoms with van der Waals surface area (Å²) >= 11 is 0. The average molecular weight is 523 g/mol. The van der Waals surface area contributed by atoms with E-state index in [1.165, 1.54) is 37.8 Å². The maximum Gasteiger partial charge on any atom is 0.201 e. The molecule has 1 nitrogen and oxygen atoms in total. The maximum atomic E-state index is 15.3. The molecule has 2 aliphatic carbocycles. The van der Waals surface area contributed by atoms with Gasteiger partial charge in [0, 0.05) is 16.7 Å². The van der Waals surface area contributed by atoms with Crippen molar-refractivity contribution < 1.29 is 22.3 Å². The molecule has 0 amide bonds. The molecule has 0 saturated heterocycles. The van der Waals surface area contributed by atoms with Gasteiger partial charge in [-0.05, 0) is 85.6 Å². The van der Waals surface area contributed by atoms with Gasteiger partial charge in [0.1, 0.15) is 0 Å². The molecule has 3 aromatic rings. The van der Waals surface area contributed by atoms with Gasteiger partial charge >= 0.3 is 0 Å². The van der Waals surface area contributed by atoms with E-state index >= 15 is 8.78 Å². The van der Waals surface area contributed by atoms with Crippen LogP contribution in [0.3, 0.4) is 0 Å². The van der Waals surface area contributed by atoms with Crippen LogP contribution in [-0.2, 0) is 0 Å². The Bertz CT molecular complexity index is 1320. The van der Waals surface area contributed by atoms with Crippen LogP contribution in [0.15, 0.2) is 54.6 Å². The van der Waals surface area contributed by atoms with Gasteiger partial charge in [-0.2, -0.15) is 4.39 Å². The smallest absolute Gasteiger partial charge is 0.201 e. The summed E-state index contributed by atoms with van der Waals surface area (Å²) in [7, 11) is 0. The number of ether oxygens (including phenoxy) is 1. The van der Waals surface area contributed by atoms with E-state index in [-0.39, 0.29) is 23.5 Å². The normalized spacial score (nSPS) is 21.7. The fourth-order valence-corrected chi connectivity index (χ4v) is 6.16. The van der Waals surface area contributed by atoms with Gasteiger partial charge in [-0.25, -0.2) is 13.2 Å². The Balaban J connectivity index is 1.33. The van der Waals surface area contributed by atoms with Gasteiger partial charge in [-0.1, -0.05) is 62.2 Å². The van der Waals surface area contributed by atoms with Crippen LogP contribution < -0.4 is 4.74 Å². The highest BCUT2D eigenvalue weighted by Crippen LogP contribution is 2.42. The van der Waals surface area contributed by atoms with Crippen LogP contribution in [-0.4, -0.2) is 6.61 Å². The Morgan fingerprint density at radius 1 is 0.658 bits per heavy atom. The lowest BCUT2D eigenvalue weighted by Crippen LogP contribution is -2.22. The molecule has 0 heterocycles. The van der Waals surface area contributed by atoms with Gasteiger partial charge in [0.25, 0.3) is 0 Å². The molecule has 1 saturated carbocycles. The summed E-state index contributed by atoms with van der Waals surface area (Å²) in [5.41, 5.74) is 2.33. The summed E-state index contributed by atoms with van der Waals surface area (Å²) in [6, 6.07) is 12.4. The number of rotatable bonds is 6. The number of benzene rings is 3. The zero-order valence-electron chi connectivity index (χ0n) is 22.0. The summed E-state index contributed by atoms with van der Waals surface area (Å²) in [6.07, 6.45) is 10.0. The maximum absolute atomic E-state index is 15.3. The number of allylic oxidation sites excluding steroid dienone is 2. The van der Waals surface area contributed by atoms with E-state index in [0.717, 1.165) is 36.7 Å². The second-order valence-electron chi connectivity index (χ2n) is 10.8. The third-order valence-electron chi connectivity index (χ3n) is 8.46. The summed E-state index contributed by atoms with van der Waals surface area (Å²) in [4.78, 5) is 0. The molecule has 0 radical (unpaired) electrons. The Labute approximate surface area is 222 Å². The minimum Gasteiger partial charge on any atom is -0.491 e. The van der Waals surface area contributed by atoms with Crippen LogP contribution >= 0.6 is 0 Å². The summed E-state index contributed by atoms with van der Waals surface area (Å²) in [5, 5.41) is 0. The number of hydrogen-bond acceptors (Lipinski definition) is 1. The lowest BCUT2D eigenvalue weighted by molar-refractivity contribution is 0.202. The standard InChI is InChI=1S/C33H34F4O/c1-3-38-29-19-18-28(32(36)33(29)37)25-14-12-24(13-15-25)27-17-16-26(30(34)31(27)35)23-10-8-22(9-11-23)21-6-4-20(2)5-7-21/h10,12-22H,3-9,11H2,1-2H3. The number of hydrogen-bond donors (Lipinski definition) is 0. The Hall–Kier alpha value is -3.08. The first-order valence-corrected chi connectivity index (χ1v) is 13.8. The van der Waals surface area contributed by atoms with E-state index in [4.69, 9.17) is 4.74 Å². The van der Waals surface area contributed by atoms with E-state index in [1.54, 1.807) is 43.3 Å². The van der Waals surface area contributed by atoms with E-state index in [9.17, 15) is 8.78 Å². The lowest BCUT2D eigenvalue weighted by Gasteiger charge is -2.34. The van der Waals surface area contributed by atoms with E-state index in [1.807, 2.05) is 0 Å². The number of halogens is 4. The van der Waals surface area contributed by atoms with Crippen LogP contribution in [0.2, 0.25) is 0 Å². The largest absolute Gasteiger partial charge is 0.491 e. The molecular formula is C33H34F4O. The topological polar surface area (TPSA) is 9.23 Å². The average Bonchev–Trinajstić information content (AvgIpc) is 2.94. The molecule has 1 unspecified atom stereocenters. The first-order valence-electron chi connectivity index (χ1n) is 13.8. The van der Waals surface area contributed by atoms with Crippen LogP contribution in [0.4, 0.5) is 17.6 Å². The Morgan fingerprint density at radius 2 is 1.21 bits per heavy atom. The zero-order chi connectivity index (χ0) is 26.8. The van der Waals surface area contributed by atoms with Crippen LogP contribution in [0.25, 0.3) is 27.8 Å². The minimum atomic E-state index is -1.05. The van der Waals surface area contributed by atoms with Gasteiger partial charge in [0.15, 0.2) is 23.2 Å². The van der Waals surface area contributed by atoms with Gasteiger partial charge in [-0.15, -0.1) is 0 Å². The summed E-state index contributed by atoms with van der Waals surface area (Å²) in [5.74, 6) is -1.70. The van der Waals surface area contributed by atoms with Crippen LogP contribution in [0.1, 0.15) is 64.4 Å². The minimum absolute atomic E-state index is 0.0739. The molecule has 0 N–H and O–H groups in total. The predicted octanol–water partition coefficient (Wildman–Crippen LogP) is 9.99. The summed E-state index contributed by atoms with van der Waals surface area (Å²) in [6.45, 7) is 4.24. The molecule has 200 valence electrons. The van der Waals surface area contributed by atoms with Crippen LogP contribution in [0, 0.1) is 41.0 Å². The van der Waals surface area contributed by atoms with E-state index in [2.05, 4.69) is 13.0 Å². The highest BCUT2D eigenvalue weighted by atomic mass is 19.2. The second kappa shape index (κ2) is 11.3. The Kier molecular flexibility index (Phi) is 7.92. The molecular weight excluding hydrogens is 488 g/mol. The molecule has 38 heavy (non-hydrogen) atoms. The quantitative estimate of drug-likeness (QED) is 0.293. The second-order valence-corrected chi connectivity index (χ2v) is 10.8. The van der Waals surface area contributed by atoms with Gasteiger partial charge in [-0.3, -0.25) is 0 Å². The Morgan fingerprint density at radius 3 is 1.79 bits per heavy atom. The fourth-order valence-electron chi connectivity index (χ4n) is 6.16. The van der Waals surface area contributed by atoms with Crippen molar-refractivity contribution >= 4 is 5.57 Å². The van der Waals surface area contributed by atoms with Crippen molar-refractivity contribution in [3.05, 3.63) is 83.4 Å². The highest BCUT2D eigenvalue weighted by molar-refractivity contribution is 5.74. The van der Waals surface area contributed by atoms with Crippen molar-refractivity contribution in [2.45, 2.75) is 58.8 Å². The van der Waals surface area contributed by atoms with Crippen molar-refractivity contribution in [3.63, 3.8) is 0 Å². The molecule has 3 aromatic carbocycles. The van der Waals surface area contributed by atoms with Crippen molar-refractivity contribution in [1.82, 2.24) is 0 Å². The molecule has 1 fully saturated rings. The molecule has 0 bridgehead atoms. The SMILES string of the molecule is CCOc1ccc(-c2ccc(-c3ccc(C4=CCC(C5CCC(C)CC5)CC4)c(F)c3F)cc2)c(F)c1F. The third-order valence-corrected chi connectivity index (χ3v) is 8.46. The van der Waals surface area contributed by atoms with Crippen molar-refractivity contribution in [2.24, 2.45) is 17.8 Å². The van der Waals surface area contributed by atoms with Gasteiger partial charge in [0.2, 0.25) is 5.82 Å². The van der Waals surface area contributed by atoms with Crippen molar-refractivity contribution in [1.29, 1.82) is 0 Å². The van der Waals surface area contributed by atoms with Gasteiger partial charge in [0.05, 0.1) is 6.61 Å². The molecule has 1 atom stereocenters. The van der Waals surface area contributed by atoms with Gasteiger partial charge < -0.3 is 4.74 Å². The fraction of sp³-hybridized carbons (Fsp3) is 0.394. The van der Waals surface area contributed by atoms with E-state index in [0.29, 0.717) is 22.6 Å². The van der Waals surface area contributed by atoms with Crippen molar-refractivity contribution in [3.8, 4) is 28.0 Å². The molecule has 2 aliphatic rings. The monoisotopic (exact) mass is 522 g/mol. The van der Waals surface area contributed by atoms with E-state index < -0.39 is 23.3 Å². The molecule has 5 rings (SSSR count). The summed E-state index contributed by atoms with van der Waals surface area (Å²) < 4.78 is 64.5. The lowest BCUT2D eigenvalue weighted by atomic mass is 9.71. The van der Waals surface area contributed by atoms with Crippen LogP contribution in [0.5, 0.6) is 5.75 Å². The first-order chi connectivity index (χ1) is 18.4. The molecule has 0 aromatic heterocycles. The molecule has 0 aliphatic heterocycles. The first kappa shape index (κ1) is 26.5. The predicted molar refractivity (Wildman–Crippen MR) is 145 cm³/mol. The molecule has 5 heteroatoms. The zero-order valence-corrected chi connectivity index (χ0v) is 22.0. The van der Waals surface area contributed by atoms with Crippen molar-refractivity contribution in [2.75, 3.05) is 6.61 Å². The highest BCUT2D eigenvalue weighted by Gasteiger charge is 2.28. The molecule has 0 spiro atoms.